The summed E-state index contributed by atoms with van der Waals surface area (Å²) in [6.07, 6.45) is 6.37. The average molecular weight is 390 g/mol. The van der Waals surface area contributed by atoms with Gasteiger partial charge in [0.05, 0.1) is 12.4 Å². The molecule has 2 aromatic carbocycles. The molecule has 2 amide bonds. The van der Waals surface area contributed by atoms with E-state index in [1.165, 1.54) is 19.1 Å². The molecule has 1 aliphatic carbocycles. The number of ether oxygens (including phenoxy) is 1. The zero-order chi connectivity index (χ0) is 20.1. The molecule has 148 valence electrons. The zero-order valence-electron chi connectivity index (χ0n) is 15.9. The van der Waals surface area contributed by atoms with Gasteiger partial charge >= 0.3 is 0 Å². The largest absolute Gasteiger partial charge is 0.490 e. The van der Waals surface area contributed by atoms with Gasteiger partial charge in [-0.05, 0) is 86.3 Å². The molecule has 0 bridgehead atoms. The van der Waals surface area contributed by atoms with Crippen LogP contribution >= 0.6 is 0 Å². The molecule has 2 N–H and O–H groups in total. The highest BCUT2D eigenvalue weighted by atomic mass is 16.5. The topological polar surface area (TPSA) is 80.6 Å². The molecule has 1 fully saturated rings. The van der Waals surface area contributed by atoms with Gasteiger partial charge in [-0.3, -0.25) is 9.59 Å². The van der Waals surface area contributed by atoms with Crippen LogP contribution in [0.15, 0.2) is 71.3 Å². The molecule has 1 saturated carbocycles. The molecule has 0 unspecified atom stereocenters. The van der Waals surface area contributed by atoms with E-state index in [9.17, 15) is 9.59 Å². The minimum absolute atomic E-state index is 0.204. The van der Waals surface area contributed by atoms with E-state index in [-0.39, 0.29) is 17.6 Å². The third kappa shape index (κ3) is 4.85. The summed E-state index contributed by atoms with van der Waals surface area (Å²) in [5.41, 5.74) is 1.80. The summed E-state index contributed by atoms with van der Waals surface area (Å²) in [7, 11) is 0. The van der Waals surface area contributed by atoms with Crippen molar-refractivity contribution in [2.75, 3.05) is 10.6 Å². The first-order valence-corrected chi connectivity index (χ1v) is 9.70. The molecule has 0 atom stereocenters. The number of anilines is 2. The van der Waals surface area contributed by atoms with Crippen LogP contribution in [0.5, 0.6) is 5.75 Å². The van der Waals surface area contributed by atoms with Gasteiger partial charge in [0.15, 0.2) is 5.76 Å². The fourth-order valence-electron chi connectivity index (χ4n) is 3.32. The molecule has 1 heterocycles. The fourth-order valence-corrected chi connectivity index (χ4v) is 3.32. The Morgan fingerprint density at radius 2 is 1.45 bits per heavy atom. The average Bonchev–Trinajstić information content (AvgIpc) is 3.44. The molecule has 6 nitrogen and oxygen atoms in total. The van der Waals surface area contributed by atoms with Crippen LogP contribution < -0.4 is 15.4 Å². The maximum absolute atomic E-state index is 12.5. The highest BCUT2D eigenvalue weighted by molar-refractivity contribution is 6.05. The number of benzene rings is 2. The van der Waals surface area contributed by atoms with Crippen LogP contribution in [0, 0.1) is 0 Å². The van der Waals surface area contributed by atoms with Crippen molar-refractivity contribution in [3.8, 4) is 5.75 Å². The lowest BCUT2D eigenvalue weighted by atomic mass is 10.2. The molecule has 29 heavy (non-hydrogen) atoms. The number of hydrogen-bond acceptors (Lipinski definition) is 4. The number of amides is 2. The highest BCUT2D eigenvalue weighted by Crippen LogP contribution is 2.24. The van der Waals surface area contributed by atoms with Crippen LogP contribution in [0.25, 0.3) is 0 Å². The van der Waals surface area contributed by atoms with E-state index in [0.717, 1.165) is 18.6 Å². The minimum atomic E-state index is -0.327. The van der Waals surface area contributed by atoms with Gasteiger partial charge in [0, 0.05) is 16.9 Å². The first-order chi connectivity index (χ1) is 14.2. The molecule has 0 spiro atoms. The quantitative estimate of drug-likeness (QED) is 0.613. The monoisotopic (exact) mass is 390 g/mol. The van der Waals surface area contributed by atoms with Gasteiger partial charge in [-0.2, -0.15) is 0 Å². The Labute approximate surface area is 168 Å². The van der Waals surface area contributed by atoms with Crippen molar-refractivity contribution in [3.63, 3.8) is 0 Å². The van der Waals surface area contributed by atoms with Crippen molar-refractivity contribution in [2.24, 2.45) is 0 Å². The van der Waals surface area contributed by atoms with Crippen LogP contribution in [-0.2, 0) is 0 Å². The minimum Gasteiger partial charge on any atom is -0.490 e. The van der Waals surface area contributed by atoms with Crippen LogP contribution in [0.3, 0.4) is 0 Å². The summed E-state index contributed by atoms with van der Waals surface area (Å²) < 4.78 is 11.0. The van der Waals surface area contributed by atoms with Crippen LogP contribution in [0.2, 0.25) is 0 Å². The Balaban J connectivity index is 1.32. The normalized spacial score (nSPS) is 13.8. The lowest BCUT2D eigenvalue weighted by molar-refractivity contribution is 0.0994. The predicted molar refractivity (Wildman–Crippen MR) is 110 cm³/mol. The smallest absolute Gasteiger partial charge is 0.291 e. The second kappa shape index (κ2) is 8.65. The van der Waals surface area contributed by atoms with Gasteiger partial charge in [-0.25, -0.2) is 0 Å². The number of hydrogen-bond donors (Lipinski definition) is 2. The highest BCUT2D eigenvalue weighted by Gasteiger charge is 2.16. The summed E-state index contributed by atoms with van der Waals surface area (Å²) >= 11 is 0. The van der Waals surface area contributed by atoms with Crippen molar-refractivity contribution < 1.29 is 18.7 Å². The summed E-state index contributed by atoms with van der Waals surface area (Å²) in [5, 5.41) is 5.58. The summed E-state index contributed by atoms with van der Waals surface area (Å²) in [4.78, 5) is 24.4. The summed E-state index contributed by atoms with van der Waals surface area (Å²) in [5.74, 6) is 0.504. The second-order valence-corrected chi connectivity index (χ2v) is 7.01. The van der Waals surface area contributed by atoms with E-state index in [0.29, 0.717) is 23.0 Å². The standard InChI is InChI=1S/C23H22N2O4/c26-22(16-7-13-20(14-8-16)29-19-4-1-2-5-19)24-17-9-11-18(12-10-17)25-23(27)21-6-3-15-28-21/h3,6-15,19H,1-2,4-5H2,(H,24,26)(H,25,27). The van der Waals surface area contributed by atoms with Gasteiger partial charge in [-0.15, -0.1) is 0 Å². The number of nitrogens with one attached hydrogen (secondary N) is 2. The Morgan fingerprint density at radius 1 is 0.828 bits per heavy atom. The van der Waals surface area contributed by atoms with E-state index in [2.05, 4.69) is 10.6 Å². The van der Waals surface area contributed by atoms with Crippen molar-refractivity contribution in [1.29, 1.82) is 0 Å². The number of rotatable bonds is 6. The van der Waals surface area contributed by atoms with Crippen molar-refractivity contribution >= 4 is 23.2 Å². The van der Waals surface area contributed by atoms with E-state index in [1.54, 1.807) is 48.5 Å². The van der Waals surface area contributed by atoms with Gasteiger partial charge in [0.2, 0.25) is 0 Å². The van der Waals surface area contributed by atoms with Gasteiger partial charge < -0.3 is 19.8 Å². The molecule has 6 heteroatoms. The van der Waals surface area contributed by atoms with E-state index >= 15 is 0 Å². The van der Waals surface area contributed by atoms with E-state index in [1.807, 2.05) is 12.1 Å². The lowest BCUT2D eigenvalue weighted by Crippen LogP contribution is -2.13. The lowest BCUT2D eigenvalue weighted by Gasteiger charge is -2.13. The maximum Gasteiger partial charge on any atom is 0.291 e. The Hall–Kier alpha value is -3.54. The Bertz CT molecular complexity index is 957. The first kappa shape index (κ1) is 18.8. The van der Waals surface area contributed by atoms with Crippen molar-refractivity contribution in [3.05, 3.63) is 78.3 Å². The predicted octanol–water partition coefficient (Wildman–Crippen LogP) is 5.11. The SMILES string of the molecule is O=C(Nc1ccc(NC(=O)c2ccco2)cc1)c1ccc(OC2CCCC2)cc1. The Morgan fingerprint density at radius 3 is 2.03 bits per heavy atom. The maximum atomic E-state index is 12.5. The zero-order valence-corrected chi connectivity index (χ0v) is 15.9. The fraction of sp³-hybridized carbons (Fsp3) is 0.217. The van der Waals surface area contributed by atoms with Crippen molar-refractivity contribution in [1.82, 2.24) is 0 Å². The van der Waals surface area contributed by atoms with Gasteiger partial charge in [-0.1, -0.05) is 0 Å². The van der Waals surface area contributed by atoms with Crippen molar-refractivity contribution in [2.45, 2.75) is 31.8 Å². The molecule has 1 aliphatic rings. The summed E-state index contributed by atoms with van der Waals surface area (Å²) in [6, 6.07) is 17.3. The number of furan rings is 1. The molecular formula is C23H22N2O4. The molecule has 0 saturated heterocycles. The molecule has 3 aromatic rings. The molecule has 1 aromatic heterocycles. The number of carbonyl (C=O) groups is 2. The first-order valence-electron chi connectivity index (χ1n) is 9.70. The summed E-state index contributed by atoms with van der Waals surface area (Å²) in [6.45, 7) is 0. The van der Waals surface area contributed by atoms with Crippen LogP contribution in [0.1, 0.15) is 46.6 Å². The third-order valence-corrected chi connectivity index (χ3v) is 4.87. The number of carbonyl (C=O) groups excluding carboxylic acids is 2. The van der Waals surface area contributed by atoms with Crippen LogP contribution in [0.4, 0.5) is 11.4 Å². The molecular weight excluding hydrogens is 368 g/mol. The van der Waals surface area contributed by atoms with Crippen LogP contribution in [-0.4, -0.2) is 17.9 Å². The van der Waals surface area contributed by atoms with Gasteiger partial charge in [0.25, 0.3) is 11.8 Å². The molecule has 4 rings (SSSR count). The van der Waals surface area contributed by atoms with Gasteiger partial charge in [0.1, 0.15) is 5.75 Å². The van der Waals surface area contributed by atoms with E-state index < -0.39 is 0 Å². The second-order valence-electron chi connectivity index (χ2n) is 7.01. The third-order valence-electron chi connectivity index (χ3n) is 4.87. The molecule has 0 aliphatic heterocycles. The molecule has 0 radical (unpaired) electrons. The Kier molecular flexibility index (Phi) is 5.61. The van der Waals surface area contributed by atoms with E-state index in [4.69, 9.17) is 9.15 Å².